The van der Waals surface area contributed by atoms with Crippen molar-refractivity contribution >= 4 is 17.8 Å². The van der Waals surface area contributed by atoms with Crippen molar-refractivity contribution in [3.63, 3.8) is 0 Å². The molecule has 0 spiro atoms. The van der Waals surface area contributed by atoms with Crippen LogP contribution in [-0.2, 0) is 21.7 Å². The van der Waals surface area contributed by atoms with Gasteiger partial charge < -0.3 is 14.6 Å². The molecule has 1 aliphatic heterocycles. The minimum absolute atomic E-state index is 0.199. The molecule has 1 heterocycles. The summed E-state index contributed by atoms with van der Waals surface area (Å²) < 4.78 is 10.0. The molecule has 34 heavy (non-hydrogen) atoms. The zero-order chi connectivity index (χ0) is 24.3. The Balaban J connectivity index is 1.70. The van der Waals surface area contributed by atoms with Crippen LogP contribution in [0.25, 0.3) is 0 Å². The highest BCUT2D eigenvalue weighted by Crippen LogP contribution is 2.43. The van der Waals surface area contributed by atoms with E-state index in [-0.39, 0.29) is 19.8 Å². The summed E-state index contributed by atoms with van der Waals surface area (Å²) >= 11 is 0. The fourth-order valence-electron chi connectivity index (χ4n) is 4.13. The molecule has 1 unspecified atom stereocenters. The van der Waals surface area contributed by atoms with Crippen molar-refractivity contribution in [2.24, 2.45) is 0 Å². The summed E-state index contributed by atoms with van der Waals surface area (Å²) in [6.45, 7) is 4.17. The Bertz CT molecular complexity index is 1220. The second-order valence-electron chi connectivity index (χ2n) is 7.82. The van der Waals surface area contributed by atoms with Gasteiger partial charge in [0.2, 0.25) is 0 Å². The molecular formula is C27H25NO6. The first-order valence-electron chi connectivity index (χ1n) is 11.1. The predicted octanol–water partition coefficient (Wildman–Crippen LogP) is 3.89. The molecule has 174 valence electrons. The van der Waals surface area contributed by atoms with Gasteiger partial charge in [-0.3, -0.25) is 9.69 Å². The third-order valence-electron chi connectivity index (χ3n) is 5.80. The van der Waals surface area contributed by atoms with E-state index in [1.807, 2.05) is 12.1 Å². The maximum Gasteiger partial charge on any atom is 0.338 e. The predicted molar refractivity (Wildman–Crippen MR) is 124 cm³/mol. The van der Waals surface area contributed by atoms with Gasteiger partial charge in [0.1, 0.15) is 0 Å². The largest absolute Gasteiger partial charge is 0.462 e. The number of carbonyl (C=O) groups is 3. The molecule has 1 atom stereocenters. The third kappa shape index (κ3) is 4.06. The number of esters is 2. The zero-order valence-electron chi connectivity index (χ0n) is 19.0. The first kappa shape index (κ1) is 23.2. The van der Waals surface area contributed by atoms with Gasteiger partial charge in [-0.1, -0.05) is 36.4 Å². The monoisotopic (exact) mass is 459 g/mol. The van der Waals surface area contributed by atoms with Crippen LogP contribution in [0.3, 0.4) is 0 Å². The molecule has 1 amide bonds. The van der Waals surface area contributed by atoms with Crippen LogP contribution in [0.15, 0.2) is 72.8 Å². The number of carbonyl (C=O) groups excluding carboxylic acids is 3. The molecule has 4 rings (SSSR count). The van der Waals surface area contributed by atoms with Gasteiger partial charge in [-0.15, -0.1) is 0 Å². The van der Waals surface area contributed by atoms with Gasteiger partial charge >= 0.3 is 11.9 Å². The molecule has 0 saturated heterocycles. The molecular weight excluding hydrogens is 434 g/mol. The quantitative estimate of drug-likeness (QED) is 0.562. The van der Waals surface area contributed by atoms with Crippen LogP contribution in [0.4, 0.5) is 0 Å². The Morgan fingerprint density at radius 3 is 1.85 bits per heavy atom. The lowest BCUT2D eigenvalue weighted by atomic mass is 9.92. The molecule has 0 fully saturated rings. The lowest BCUT2D eigenvalue weighted by Crippen LogP contribution is -2.45. The second kappa shape index (κ2) is 9.49. The normalized spacial score (nSPS) is 16.6. The van der Waals surface area contributed by atoms with Crippen molar-refractivity contribution in [3.8, 4) is 0 Å². The SMILES string of the molecule is CCOC(=O)c1ccc(C(=O)N2Cc3ccccc3C2(O)c2ccc(C(=O)OCC)cc2)cc1. The van der Waals surface area contributed by atoms with E-state index in [0.717, 1.165) is 5.56 Å². The van der Waals surface area contributed by atoms with E-state index in [2.05, 4.69) is 0 Å². The maximum atomic E-state index is 13.5. The highest BCUT2D eigenvalue weighted by atomic mass is 16.5. The van der Waals surface area contributed by atoms with Crippen molar-refractivity contribution in [3.05, 3.63) is 106 Å². The first-order chi connectivity index (χ1) is 16.4. The Labute approximate surface area is 197 Å². The molecule has 0 aliphatic carbocycles. The van der Waals surface area contributed by atoms with Crippen molar-refractivity contribution < 1.29 is 29.0 Å². The standard InChI is InChI=1S/C27H25NO6/c1-3-33-25(30)19-11-9-18(10-12-19)24(29)28-17-21-7-5-6-8-23(21)27(28,32)22-15-13-20(14-16-22)26(31)34-4-2/h5-16,32H,3-4,17H2,1-2H3. The van der Waals surface area contributed by atoms with E-state index in [1.54, 1.807) is 62.4 Å². The van der Waals surface area contributed by atoms with Crippen molar-refractivity contribution in [2.75, 3.05) is 13.2 Å². The van der Waals surface area contributed by atoms with Gasteiger partial charge in [0.05, 0.1) is 24.3 Å². The number of amides is 1. The molecule has 7 heteroatoms. The van der Waals surface area contributed by atoms with Gasteiger partial charge in [0.15, 0.2) is 5.72 Å². The van der Waals surface area contributed by atoms with Crippen LogP contribution in [0, 0.1) is 0 Å². The summed E-state index contributed by atoms with van der Waals surface area (Å²) in [5.74, 6) is -1.32. The summed E-state index contributed by atoms with van der Waals surface area (Å²) in [6.07, 6.45) is 0. The molecule has 3 aromatic rings. The average molecular weight is 459 g/mol. The molecule has 0 bridgehead atoms. The van der Waals surface area contributed by atoms with E-state index in [9.17, 15) is 19.5 Å². The number of benzene rings is 3. The van der Waals surface area contributed by atoms with Crippen LogP contribution in [0.2, 0.25) is 0 Å². The Kier molecular flexibility index (Phi) is 6.47. The average Bonchev–Trinajstić information content (AvgIpc) is 3.17. The second-order valence-corrected chi connectivity index (χ2v) is 7.82. The van der Waals surface area contributed by atoms with Crippen LogP contribution >= 0.6 is 0 Å². The Morgan fingerprint density at radius 2 is 1.29 bits per heavy atom. The van der Waals surface area contributed by atoms with E-state index in [1.165, 1.54) is 17.0 Å². The number of hydrogen-bond acceptors (Lipinski definition) is 6. The number of hydrogen-bond donors (Lipinski definition) is 1. The van der Waals surface area contributed by atoms with Gasteiger partial charge in [-0.2, -0.15) is 0 Å². The van der Waals surface area contributed by atoms with E-state index < -0.39 is 23.6 Å². The third-order valence-corrected chi connectivity index (χ3v) is 5.80. The number of ether oxygens (including phenoxy) is 2. The molecule has 1 N–H and O–H groups in total. The van der Waals surface area contributed by atoms with Crippen molar-refractivity contribution in [1.29, 1.82) is 0 Å². The minimum atomic E-state index is -1.74. The Morgan fingerprint density at radius 1 is 0.794 bits per heavy atom. The summed E-state index contributed by atoms with van der Waals surface area (Å²) in [5.41, 5.74) is 1.14. The fraction of sp³-hybridized carbons (Fsp3) is 0.222. The van der Waals surface area contributed by atoms with Crippen LogP contribution < -0.4 is 0 Å². The molecule has 7 nitrogen and oxygen atoms in total. The number of rotatable bonds is 6. The van der Waals surface area contributed by atoms with Crippen LogP contribution in [0.5, 0.6) is 0 Å². The van der Waals surface area contributed by atoms with Crippen LogP contribution in [-0.4, -0.2) is 41.1 Å². The summed E-state index contributed by atoms with van der Waals surface area (Å²) in [7, 11) is 0. The highest BCUT2D eigenvalue weighted by molar-refractivity contribution is 5.97. The van der Waals surface area contributed by atoms with E-state index in [0.29, 0.717) is 27.8 Å². The summed E-state index contributed by atoms with van der Waals surface area (Å²) in [6, 6.07) is 19.8. The molecule has 1 aliphatic rings. The maximum absolute atomic E-state index is 13.5. The molecule has 0 saturated carbocycles. The number of fused-ring (bicyclic) bond motifs is 1. The summed E-state index contributed by atoms with van der Waals surface area (Å²) in [5, 5.41) is 12.0. The van der Waals surface area contributed by atoms with Crippen LogP contribution in [0.1, 0.15) is 61.6 Å². The minimum Gasteiger partial charge on any atom is -0.462 e. The Hall–Kier alpha value is -3.97. The van der Waals surface area contributed by atoms with Crippen molar-refractivity contribution in [2.45, 2.75) is 26.1 Å². The molecule has 3 aromatic carbocycles. The van der Waals surface area contributed by atoms with Gasteiger partial charge in [0.25, 0.3) is 5.91 Å². The first-order valence-corrected chi connectivity index (χ1v) is 11.1. The number of aliphatic hydroxyl groups is 1. The topological polar surface area (TPSA) is 93.1 Å². The zero-order valence-corrected chi connectivity index (χ0v) is 19.0. The highest BCUT2D eigenvalue weighted by Gasteiger charge is 2.47. The fourth-order valence-corrected chi connectivity index (χ4v) is 4.13. The smallest absolute Gasteiger partial charge is 0.338 e. The van der Waals surface area contributed by atoms with Gasteiger partial charge in [-0.05, 0) is 55.8 Å². The lowest BCUT2D eigenvalue weighted by molar-refractivity contribution is -0.0508. The van der Waals surface area contributed by atoms with E-state index >= 15 is 0 Å². The van der Waals surface area contributed by atoms with Crippen molar-refractivity contribution in [1.82, 2.24) is 4.90 Å². The lowest BCUT2D eigenvalue weighted by Gasteiger charge is -2.35. The van der Waals surface area contributed by atoms with Gasteiger partial charge in [-0.25, -0.2) is 9.59 Å². The van der Waals surface area contributed by atoms with Gasteiger partial charge in [0, 0.05) is 23.2 Å². The summed E-state index contributed by atoms with van der Waals surface area (Å²) in [4.78, 5) is 38.9. The number of nitrogens with zero attached hydrogens (tertiary/aromatic N) is 1. The van der Waals surface area contributed by atoms with E-state index in [4.69, 9.17) is 9.47 Å². The molecule has 0 radical (unpaired) electrons. The molecule has 0 aromatic heterocycles.